The van der Waals surface area contributed by atoms with Crippen molar-refractivity contribution in [1.29, 1.82) is 0 Å². The van der Waals surface area contributed by atoms with Gasteiger partial charge in [-0.25, -0.2) is 4.79 Å². The fourth-order valence-corrected chi connectivity index (χ4v) is 0.980. The summed E-state index contributed by atoms with van der Waals surface area (Å²) >= 11 is 0. The van der Waals surface area contributed by atoms with E-state index in [1.807, 2.05) is 0 Å². The van der Waals surface area contributed by atoms with E-state index in [4.69, 9.17) is 4.42 Å². The van der Waals surface area contributed by atoms with E-state index in [-0.39, 0.29) is 12.5 Å². The normalized spacial score (nSPS) is 10.3. The van der Waals surface area contributed by atoms with Gasteiger partial charge in [-0.1, -0.05) is 0 Å². The maximum atomic E-state index is 11.2. The van der Waals surface area contributed by atoms with Crippen molar-refractivity contribution in [1.82, 2.24) is 5.32 Å². The third-order valence-electron chi connectivity index (χ3n) is 1.67. The molecule has 0 fully saturated rings. The SMILES string of the molecule is CCOC(=O)/C=C/C(=O)NCc1ccco1. The molecule has 5 heteroatoms. The van der Waals surface area contributed by atoms with Crippen molar-refractivity contribution in [2.75, 3.05) is 6.61 Å². The van der Waals surface area contributed by atoms with E-state index in [1.54, 1.807) is 19.1 Å². The highest BCUT2D eigenvalue weighted by Gasteiger charge is 2.00. The number of amides is 1. The van der Waals surface area contributed by atoms with Crippen LogP contribution in [0.4, 0.5) is 0 Å². The first-order valence-electron chi connectivity index (χ1n) is 4.87. The average Bonchev–Trinajstić information content (AvgIpc) is 2.77. The summed E-state index contributed by atoms with van der Waals surface area (Å²) in [6.07, 6.45) is 3.73. The van der Waals surface area contributed by atoms with E-state index < -0.39 is 5.97 Å². The molecule has 0 radical (unpaired) electrons. The summed E-state index contributed by atoms with van der Waals surface area (Å²) in [5.41, 5.74) is 0. The van der Waals surface area contributed by atoms with Gasteiger partial charge in [-0.15, -0.1) is 0 Å². The van der Waals surface area contributed by atoms with Crippen LogP contribution in [0.5, 0.6) is 0 Å². The highest BCUT2D eigenvalue weighted by atomic mass is 16.5. The lowest BCUT2D eigenvalue weighted by Crippen LogP contribution is -2.20. The number of furan rings is 1. The zero-order chi connectivity index (χ0) is 11.8. The molecule has 0 bridgehead atoms. The Labute approximate surface area is 93.1 Å². The molecule has 0 aliphatic carbocycles. The van der Waals surface area contributed by atoms with Crippen LogP contribution in [-0.2, 0) is 20.9 Å². The van der Waals surface area contributed by atoms with Crippen LogP contribution in [0.2, 0.25) is 0 Å². The van der Waals surface area contributed by atoms with E-state index >= 15 is 0 Å². The first-order chi connectivity index (χ1) is 7.72. The van der Waals surface area contributed by atoms with Crippen LogP contribution in [0.3, 0.4) is 0 Å². The fraction of sp³-hybridized carbons (Fsp3) is 0.273. The molecule has 1 amide bonds. The Hall–Kier alpha value is -2.04. The minimum Gasteiger partial charge on any atom is -0.467 e. The van der Waals surface area contributed by atoms with E-state index in [1.165, 1.54) is 6.26 Å². The minimum absolute atomic E-state index is 0.289. The molecule has 0 atom stereocenters. The standard InChI is InChI=1S/C11H13NO4/c1-2-15-11(14)6-5-10(13)12-8-9-4-3-7-16-9/h3-7H,2,8H2,1H3,(H,12,13)/b6-5+. The molecule has 0 saturated heterocycles. The van der Waals surface area contributed by atoms with Gasteiger partial charge in [0.25, 0.3) is 0 Å². The van der Waals surface area contributed by atoms with Gasteiger partial charge in [0.15, 0.2) is 0 Å². The average molecular weight is 223 g/mol. The Morgan fingerprint density at radius 2 is 2.31 bits per heavy atom. The molecule has 0 spiro atoms. The lowest BCUT2D eigenvalue weighted by atomic mass is 10.4. The second kappa shape index (κ2) is 6.44. The third kappa shape index (κ3) is 4.45. The number of carbonyl (C=O) groups excluding carboxylic acids is 2. The first-order valence-corrected chi connectivity index (χ1v) is 4.87. The van der Waals surface area contributed by atoms with Gasteiger partial charge >= 0.3 is 5.97 Å². The molecule has 0 unspecified atom stereocenters. The Kier molecular flexibility index (Phi) is 4.85. The van der Waals surface area contributed by atoms with Crippen LogP contribution in [-0.4, -0.2) is 18.5 Å². The maximum absolute atomic E-state index is 11.2. The molecule has 1 rings (SSSR count). The number of ether oxygens (including phenoxy) is 1. The number of carbonyl (C=O) groups is 2. The van der Waals surface area contributed by atoms with Crippen molar-refractivity contribution >= 4 is 11.9 Å². The Bertz CT molecular complexity index is 367. The Morgan fingerprint density at radius 1 is 1.50 bits per heavy atom. The van der Waals surface area contributed by atoms with Gasteiger partial charge in [0, 0.05) is 12.2 Å². The molecule has 0 aliphatic rings. The molecular formula is C11H13NO4. The van der Waals surface area contributed by atoms with Gasteiger partial charge in [-0.05, 0) is 19.1 Å². The van der Waals surface area contributed by atoms with Gasteiger partial charge in [0.1, 0.15) is 5.76 Å². The summed E-state index contributed by atoms with van der Waals surface area (Å²) < 4.78 is 9.64. The minimum atomic E-state index is -0.532. The largest absolute Gasteiger partial charge is 0.467 e. The number of hydrogen-bond donors (Lipinski definition) is 1. The second-order valence-corrected chi connectivity index (χ2v) is 2.88. The van der Waals surface area contributed by atoms with Crippen LogP contribution in [0.25, 0.3) is 0 Å². The molecule has 0 aliphatic heterocycles. The van der Waals surface area contributed by atoms with Gasteiger partial charge in [-0.3, -0.25) is 4.79 Å². The Morgan fingerprint density at radius 3 is 2.94 bits per heavy atom. The molecule has 1 aromatic rings. The smallest absolute Gasteiger partial charge is 0.330 e. The quantitative estimate of drug-likeness (QED) is 0.597. The van der Waals surface area contributed by atoms with Crippen molar-refractivity contribution in [2.45, 2.75) is 13.5 Å². The molecule has 0 saturated carbocycles. The molecule has 0 aromatic carbocycles. The van der Waals surface area contributed by atoms with Crippen LogP contribution >= 0.6 is 0 Å². The summed E-state index contributed by atoms with van der Waals surface area (Å²) in [4.78, 5) is 22.1. The van der Waals surface area contributed by atoms with E-state index in [9.17, 15) is 9.59 Å². The topological polar surface area (TPSA) is 68.5 Å². The predicted octanol–water partition coefficient (Wildman–Crippen LogP) is 1.02. The van der Waals surface area contributed by atoms with Crippen LogP contribution < -0.4 is 5.32 Å². The Balaban J connectivity index is 2.28. The van der Waals surface area contributed by atoms with E-state index in [0.29, 0.717) is 12.3 Å². The summed E-state index contributed by atoms with van der Waals surface area (Å²) in [5.74, 6) is -0.252. The van der Waals surface area contributed by atoms with Crippen molar-refractivity contribution in [3.63, 3.8) is 0 Å². The van der Waals surface area contributed by atoms with E-state index in [2.05, 4.69) is 10.1 Å². The predicted molar refractivity (Wildman–Crippen MR) is 56.3 cm³/mol. The molecule has 86 valence electrons. The van der Waals surface area contributed by atoms with E-state index in [0.717, 1.165) is 12.2 Å². The van der Waals surface area contributed by atoms with Crippen molar-refractivity contribution in [2.24, 2.45) is 0 Å². The molecule has 16 heavy (non-hydrogen) atoms. The number of rotatable bonds is 5. The zero-order valence-electron chi connectivity index (χ0n) is 8.93. The summed E-state index contributed by atoms with van der Waals surface area (Å²) in [5, 5.41) is 2.56. The fourth-order valence-electron chi connectivity index (χ4n) is 0.980. The van der Waals surface area contributed by atoms with Gasteiger partial charge in [0.2, 0.25) is 5.91 Å². The number of esters is 1. The lowest BCUT2D eigenvalue weighted by Gasteiger charge is -1.98. The van der Waals surface area contributed by atoms with Crippen LogP contribution in [0.1, 0.15) is 12.7 Å². The monoisotopic (exact) mass is 223 g/mol. The van der Waals surface area contributed by atoms with Crippen LogP contribution in [0.15, 0.2) is 35.0 Å². The highest BCUT2D eigenvalue weighted by molar-refractivity contribution is 5.94. The van der Waals surface area contributed by atoms with Crippen molar-refractivity contribution in [3.8, 4) is 0 Å². The molecule has 5 nitrogen and oxygen atoms in total. The van der Waals surface area contributed by atoms with Crippen LogP contribution in [0, 0.1) is 0 Å². The first kappa shape index (κ1) is 12.0. The van der Waals surface area contributed by atoms with Gasteiger partial charge < -0.3 is 14.5 Å². The molecular weight excluding hydrogens is 210 g/mol. The molecule has 1 heterocycles. The van der Waals surface area contributed by atoms with Gasteiger partial charge in [0.05, 0.1) is 19.4 Å². The summed E-state index contributed by atoms with van der Waals surface area (Å²) in [6.45, 7) is 2.28. The van der Waals surface area contributed by atoms with Gasteiger partial charge in [-0.2, -0.15) is 0 Å². The number of hydrogen-bond acceptors (Lipinski definition) is 4. The second-order valence-electron chi connectivity index (χ2n) is 2.88. The number of nitrogens with one attached hydrogen (secondary N) is 1. The molecule has 1 aromatic heterocycles. The highest BCUT2D eigenvalue weighted by Crippen LogP contribution is 1.98. The summed E-state index contributed by atoms with van der Waals surface area (Å²) in [7, 11) is 0. The van der Waals surface area contributed by atoms with Crippen molar-refractivity contribution in [3.05, 3.63) is 36.3 Å². The molecule has 1 N–H and O–H groups in total. The van der Waals surface area contributed by atoms with Crippen molar-refractivity contribution < 1.29 is 18.7 Å². The summed E-state index contributed by atoms with van der Waals surface area (Å²) in [6, 6.07) is 3.48. The lowest BCUT2D eigenvalue weighted by molar-refractivity contribution is -0.137. The zero-order valence-corrected chi connectivity index (χ0v) is 8.93. The third-order valence-corrected chi connectivity index (χ3v) is 1.67. The maximum Gasteiger partial charge on any atom is 0.330 e.